The van der Waals surface area contributed by atoms with Gasteiger partial charge in [0, 0.05) is 12.6 Å². The van der Waals surface area contributed by atoms with Gasteiger partial charge in [-0.3, -0.25) is 14.4 Å². The average molecular weight is 628 g/mol. The summed E-state index contributed by atoms with van der Waals surface area (Å²) < 4.78 is 13.3. The van der Waals surface area contributed by atoms with Gasteiger partial charge in [-0.05, 0) is 86.9 Å². The summed E-state index contributed by atoms with van der Waals surface area (Å²) in [6, 6.07) is 23.9. The van der Waals surface area contributed by atoms with E-state index in [-0.39, 0.29) is 41.5 Å². The topological polar surface area (TPSA) is 103 Å². The zero-order chi connectivity index (χ0) is 32.5. The van der Waals surface area contributed by atoms with Gasteiger partial charge >= 0.3 is 0 Å². The lowest BCUT2D eigenvalue weighted by molar-refractivity contribution is -0.143. The summed E-state index contributed by atoms with van der Waals surface area (Å²) in [4.78, 5) is 43.6. The number of amides is 3. The largest absolute Gasteiger partial charge is 0.343 e. The molecule has 2 aliphatic rings. The molecule has 0 saturated carbocycles. The van der Waals surface area contributed by atoms with E-state index in [0.29, 0.717) is 32.4 Å². The summed E-state index contributed by atoms with van der Waals surface area (Å²) in [5.41, 5.74) is 2.91. The highest BCUT2D eigenvalue weighted by Crippen LogP contribution is 2.35. The quantitative estimate of drug-likeness (QED) is 0.210. The molecule has 2 fully saturated rings. The highest BCUT2D eigenvalue weighted by atomic mass is 19.1. The molecule has 5 rings (SSSR count). The first kappa shape index (κ1) is 33.3. The molecule has 244 valence electrons. The number of fused-ring (bicyclic) bond motifs is 1. The lowest BCUT2D eigenvalue weighted by Gasteiger charge is -2.33. The molecule has 2 aliphatic heterocycles. The molecule has 3 aromatic rings. The second-order valence-electron chi connectivity index (χ2n) is 12.4. The maximum atomic E-state index is 14.5. The van der Waals surface area contributed by atoms with Gasteiger partial charge in [-0.15, -0.1) is 0 Å². The number of rotatable bonds is 13. The molecule has 2 heterocycles. The van der Waals surface area contributed by atoms with Gasteiger partial charge in [0.15, 0.2) is 0 Å². The summed E-state index contributed by atoms with van der Waals surface area (Å²) in [5, 5.41) is 12.8. The Bertz CT molecular complexity index is 1390. The van der Waals surface area contributed by atoms with Crippen molar-refractivity contribution in [2.45, 2.75) is 82.2 Å². The highest BCUT2D eigenvalue weighted by Gasteiger charge is 2.47. The molecule has 0 aromatic heterocycles. The van der Waals surface area contributed by atoms with Crippen LogP contribution < -0.4 is 21.3 Å². The highest BCUT2D eigenvalue weighted by molar-refractivity contribution is 5.94. The van der Waals surface area contributed by atoms with Gasteiger partial charge in [-0.1, -0.05) is 79.7 Å². The number of carbonyl (C=O) groups is 3. The summed E-state index contributed by atoms with van der Waals surface area (Å²) >= 11 is 0. The van der Waals surface area contributed by atoms with Crippen LogP contribution in [0, 0.1) is 11.7 Å². The van der Waals surface area contributed by atoms with E-state index >= 15 is 0 Å². The van der Waals surface area contributed by atoms with Crippen LogP contribution in [-0.4, -0.2) is 60.4 Å². The van der Waals surface area contributed by atoms with Crippen LogP contribution >= 0.6 is 0 Å². The van der Waals surface area contributed by atoms with Gasteiger partial charge in [-0.25, -0.2) is 4.39 Å². The zero-order valence-corrected chi connectivity index (χ0v) is 26.8. The Morgan fingerprint density at radius 2 is 1.52 bits per heavy atom. The van der Waals surface area contributed by atoms with E-state index < -0.39 is 18.1 Å². The standard InChI is InChI=1S/C37H46FN5O3/c1-3-31(39-2)35(44)42-34-28(22-23-40-24-25-14-17-29(38)18-15-25)16-19-30-20-21-32(43(30)37(34)46)36(45)41-33(26-10-6-4-7-11-26)27-12-8-5-9-13-27/h4-15,17-18,28,30-34,39-40H,3,16,19-24H2,1-2H3,(H,41,45)(H,42,44)/t28-,30+,31+,32+,34+/m1/s1. The fourth-order valence-electron chi connectivity index (χ4n) is 6.97. The summed E-state index contributed by atoms with van der Waals surface area (Å²) in [6.45, 7) is 3.14. The number of likely N-dealkylation sites (N-methyl/N-ethyl adjacent to an activating group) is 1. The number of carbonyl (C=O) groups excluding carboxylic acids is 3. The first-order chi connectivity index (χ1) is 22.4. The predicted molar refractivity (Wildman–Crippen MR) is 177 cm³/mol. The number of nitrogens with one attached hydrogen (secondary N) is 4. The molecule has 46 heavy (non-hydrogen) atoms. The molecule has 3 amide bonds. The van der Waals surface area contributed by atoms with Gasteiger partial charge in [0.2, 0.25) is 17.7 Å². The number of halogens is 1. The van der Waals surface area contributed by atoms with Crippen molar-refractivity contribution in [2.75, 3.05) is 13.6 Å². The monoisotopic (exact) mass is 627 g/mol. The molecule has 2 saturated heterocycles. The van der Waals surface area contributed by atoms with Crippen LogP contribution in [0.15, 0.2) is 84.9 Å². The van der Waals surface area contributed by atoms with E-state index in [9.17, 15) is 18.8 Å². The fourth-order valence-corrected chi connectivity index (χ4v) is 6.97. The van der Waals surface area contributed by atoms with Crippen molar-refractivity contribution in [1.82, 2.24) is 26.2 Å². The molecule has 0 spiro atoms. The average Bonchev–Trinajstić information content (AvgIpc) is 3.47. The second-order valence-corrected chi connectivity index (χ2v) is 12.4. The van der Waals surface area contributed by atoms with Crippen LogP contribution in [0.4, 0.5) is 4.39 Å². The normalized spacial score (nSPS) is 21.8. The Balaban J connectivity index is 1.33. The van der Waals surface area contributed by atoms with Crippen LogP contribution in [0.1, 0.15) is 68.2 Å². The number of nitrogens with zero attached hydrogens (tertiary/aromatic N) is 1. The summed E-state index contributed by atoms with van der Waals surface area (Å²) in [7, 11) is 1.74. The van der Waals surface area contributed by atoms with Crippen molar-refractivity contribution in [1.29, 1.82) is 0 Å². The van der Waals surface area contributed by atoms with E-state index in [0.717, 1.165) is 36.0 Å². The molecule has 0 bridgehead atoms. The van der Waals surface area contributed by atoms with Crippen molar-refractivity contribution >= 4 is 17.7 Å². The first-order valence-corrected chi connectivity index (χ1v) is 16.5. The Morgan fingerprint density at radius 1 is 0.891 bits per heavy atom. The molecule has 0 aliphatic carbocycles. The maximum absolute atomic E-state index is 14.5. The number of hydrogen-bond acceptors (Lipinski definition) is 5. The van der Waals surface area contributed by atoms with Crippen molar-refractivity contribution in [2.24, 2.45) is 5.92 Å². The second kappa shape index (κ2) is 16.0. The molecular formula is C37H46FN5O3. The molecule has 9 heteroatoms. The van der Waals surface area contributed by atoms with E-state index in [1.165, 1.54) is 12.1 Å². The molecule has 3 aromatic carbocycles. The zero-order valence-electron chi connectivity index (χ0n) is 26.8. The van der Waals surface area contributed by atoms with Gasteiger partial charge < -0.3 is 26.2 Å². The molecule has 0 unspecified atom stereocenters. The third-order valence-corrected chi connectivity index (χ3v) is 9.53. The molecule has 8 nitrogen and oxygen atoms in total. The maximum Gasteiger partial charge on any atom is 0.246 e. The van der Waals surface area contributed by atoms with Crippen molar-refractivity contribution in [3.63, 3.8) is 0 Å². The van der Waals surface area contributed by atoms with Crippen molar-refractivity contribution in [3.05, 3.63) is 107 Å². The first-order valence-electron chi connectivity index (χ1n) is 16.5. The molecule has 0 radical (unpaired) electrons. The minimum Gasteiger partial charge on any atom is -0.343 e. The third kappa shape index (κ3) is 8.00. The van der Waals surface area contributed by atoms with Crippen molar-refractivity contribution < 1.29 is 18.8 Å². The molecular weight excluding hydrogens is 581 g/mol. The van der Waals surface area contributed by atoms with Crippen LogP contribution in [-0.2, 0) is 20.9 Å². The van der Waals surface area contributed by atoms with Crippen LogP contribution in [0.25, 0.3) is 0 Å². The summed E-state index contributed by atoms with van der Waals surface area (Å²) in [6.07, 6.45) is 4.12. The van der Waals surface area contributed by atoms with E-state index in [1.807, 2.05) is 67.6 Å². The Kier molecular flexibility index (Phi) is 11.5. The minimum absolute atomic E-state index is 0.0574. The fraction of sp³-hybridized carbons (Fsp3) is 0.432. The van der Waals surface area contributed by atoms with E-state index in [2.05, 4.69) is 21.3 Å². The molecule has 4 N–H and O–H groups in total. The van der Waals surface area contributed by atoms with Gasteiger partial charge in [0.25, 0.3) is 0 Å². The lowest BCUT2D eigenvalue weighted by Crippen LogP contribution is -2.58. The Labute approximate surface area is 271 Å². The van der Waals surface area contributed by atoms with Gasteiger partial charge in [0.05, 0.1) is 12.1 Å². The lowest BCUT2D eigenvalue weighted by atomic mass is 9.90. The van der Waals surface area contributed by atoms with Crippen molar-refractivity contribution in [3.8, 4) is 0 Å². The van der Waals surface area contributed by atoms with Crippen LogP contribution in [0.3, 0.4) is 0 Å². The van der Waals surface area contributed by atoms with Gasteiger partial charge in [-0.2, -0.15) is 0 Å². The molecule has 5 atom stereocenters. The minimum atomic E-state index is -0.736. The summed E-state index contributed by atoms with van der Waals surface area (Å²) in [5.74, 6) is -0.935. The third-order valence-electron chi connectivity index (χ3n) is 9.53. The van der Waals surface area contributed by atoms with Gasteiger partial charge in [0.1, 0.15) is 17.9 Å². The smallest absolute Gasteiger partial charge is 0.246 e. The predicted octanol–water partition coefficient (Wildman–Crippen LogP) is 4.46. The SMILES string of the molecule is CC[C@H](NC)C(=O)N[C@@H]1C(=O)N2[C@@H](CC[C@@H]1CCNCc1ccc(F)cc1)CC[C@H]2C(=O)NC(c1ccccc1)c1ccccc1. The van der Waals surface area contributed by atoms with Crippen LogP contribution in [0.5, 0.6) is 0 Å². The number of benzene rings is 3. The number of hydrogen-bond donors (Lipinski definition) is 4. The Morgan fingerprint density at radius 3 is 2.13 bits per heavy atom. The van der Waals surface area contributed by atoms with E-state index in [4.69, 9.17) is 0 Å². The van der Waals surface area contributed by atoms with E-state index in [1.54, 1.807) is 24.1 Å². The van der Waals surface area contributed by atoms with Crippen LogP contribution in [0.2, 0.25) is 0 Å². The Hall–Kier alpha value is -4.08.